The average molecular weight is 298 g/mol. The molecule has 0 saturated carbocycles. The van der Waals surface area contributed by atoms with Gasteiger partial charge in [-0.25, -0.2) is 8.78 Å². The Morgan fingerprint density at radius 2 is 1.90 bits per heavy atom. The second-order valence-electron chi connectivity index (χ2n) is 6.19. The Morgan fingerprint density at radius 1 is 1.24 bits per heavy atom. The molecule has 1 unspecified atom stereocenters. The van der Waals surface area contributed by atoms with Crippen molar-refractivity contribution in [3.05, 3.63) is 35.4 Å². The van der Waals surface area contributed by atoms with Gasteiger partial charge in [-0.15, -0.1) is 0 Å². The molecule has 1 atom stereocenters. The van der Waals surface area contributed by atoms with Crippen LogP contribution in [0.4, 0.5) is 8.78 Å². The third kappa shape index (κ3) is 4.22. The van der Waals surface area contributed by atoms with Crippen LogP contribution in [0.3, 0.4) is 0 Å². The van der Waals surface area contributed by atoms with E-state index in [0.29, 0.717) is 0 Å². The molecule has 1 aliphatic heterocycles. The summed E-state index contributed by atoms with van der Waals surface area (Å²) in [6, 6.07) is 4.03. The van der Waals surface area contributed by atoms with E-state index in [2.05, 4.69) is 24.1 Å². The van der Waals surface area contributed by atoms with Gasteiger partial charge in [0.25, 0.3) is 0 Å². The molecule has 0 radical (unpaired) electrons. The molecule has 1 aliphatic rings. The van der Waals surface area contributed by atoms with E-state index in [4.69, 9.17) is 4.74 Å². The molecule has 1 fully saturated rings. The Balaban J connectivity index is 1.92. The van der Waals surface area contributed by atoms with Crippen molar-refractivity contribution >= 4 is 0 Å². The Labute approximate surface area is 125 Å². The Kier molecular flexibility index (Phi) is 5.30. The summed E-state index contributed by atoms with van der Waals surface area (Å²) in [4.78, 5) is 2.39. The fourth-order valence-corrected chi connectivity index (χ4v) is 2.58. The topological polar surface area (TPSA) is 24.5 Å². The molecular weight excluding hydrogens is 274 g/mol. The molecule has 1 aromatic rings. The van der Waals surface area contributed by atoms with Crippen LogP contribution < -0.4 is 5.32 Å². The average Bonchev–Trinajstić information content (AvgIpc) is 2.48. The lowest BCUT2D eigenvalue weighted by molar-refractivity contribution is -0.0102. The first kappa shape index (κ1) is 16.3. The van der Waals surface area contributed by atoms with Crippen LogP contribution in [-0.4, -0.2) is 43.3 Å². The first-order chi connectivity index (χ1) is 9.90. The maximum Gasteiger partial charge on any atom is 0.159 e. The predicted octanol–water partition coefficient (Wildman–Crippen LogP) is 2.73. The van der Waals surface area contributed by atoms with Crippen molar-refractivity contribution in [2.24, 2.45) is 0 Å². The Hall–Kier alpha value is -1.04. The van der Waals surface area contributed by atoms with Crippen LogP contribution in [0.15, 0.2) is 18.2 Å². The molecule has 118 valence electrons. The lowest BCUT2D eigenvalue weighted by Crippen LogP contribution is -2.54. The Bertz CT molecular complexity index is 473. The molecule has 0 bridgehead atoms. The summed E-state index contributed by atoms with van der Waals surface area (Å²) in [5.41, 5.74) is 0.753. The third-order valence-corrected chi connectivity index (χ3v) is 4.15. The second-order valence-corrected chi connectivity index (χ2v) is 6.19. The summed E-state index contributed by atoms with van der Waals surface area (Å²) in [6.45, 7) is 10.5. The number of benzene rings is 1. The van der Waals surface area contributed by atoms with Gasteiger partial charge in [-0.2, -0.15) is 0 Å². The summed E-state index contributed by atoms with van der Waals surface area (Å²) in [5.74, 6) is -1.60. The van der Waals surface area contributed by atoms with Gasteiger partial charge in [0.2, 0.25) is 0 Å². The summed E-state index contributed by atoms with van der Waals surface area (Å²) in [5, 5.41) is 3.41. The van der Waals surface area contributed by atoms with E-state index in [1.165, 1.54) is 12.1 Å². The van der Waals surface area contributed by atoms with Crippen molar-refractivity contribution in [2.75, 3.05) is 32.8 Å². The first-order valence-corrected chi connectivity index (χ1v) is 7.41. The number of nitrogens with zero attached hydrogens (tertiary/aromatic N) is 1. The number of nitrogens with one attached hydrogen (secondary N) is 1. The van der Waals surface area contributed by atoms with Gasteiger partial charge in [-0.05, 0) is 38.5 Å². The van der Waals surface area contributed by atoms with Gasteiger partial charge in [0.05, 0.1) is 13.2 Å². The molecule has 21 heavy (non-hydrogen) atoms. The van der Waals surface area contributed by atoms with E-state index in [-0.39, 0.29) is 11.6 Å². The van der Waals surface area contributed by atoms with Crippen molar-refractivity contribution in [1.82, 2.24) is 10.2 Å². The van der Waals surface area contributed by atoms with Gasteiger partial charge < -0.3 is 10.1 Å². The first-order valence-electron chi connectivity index (χ1n) is 7.41. The van der Waals surface area contributed by atoms with Crippen molar-refractivity contribution in [1.29, 1.82) is 0 Å². The standard InChI is InChI=1S/C16H24F2N2O/c1-12(13-4-5-14(17)15(18)10-13)19-11-16(2,3)20-6-8-21-9-7-20/h4-5,10,12,19H,6-9,11H2,1-3H3. The molecule has 0 amide bonds. The summed E-state index contributed by atoms with van der Waals surface area (Å²) >= 11 is 0. The van der Waals surface area contributed by atoms with E-state index < -0.39 is 11.6 Å². The molecule has 2 rings (SSSR count). The minimum Gasteiger partial charge on any atom is -0.379 e. The van der Waals surface area contributed by atoms with Gasteiger partial charge in [0.1, 0.15) is 0 Å². The molecule has 3 nitrogen and oxygen atoms in total. The zero-order chi connectivity index (χ0) is 15.5. The van der Waals surface area contributed by atoms with Gasteiger partial charge in [-0.1, -0.05) is 6.07 Å². The number of ether oxygens (including phenoxy) is 1. The molecule has 1 aromatic carbocycles. The van der Waals surface area contributed by atoms with E-state index in [9.17, 15) is 8.78 Å². The van der Waals surface area contributed by atoms with Crippen LogP contribution in [0.2, 0.25) is 0 Å². The van der Waals surface area contributed by atoms with Crippen molar-refractivity contribution in [3.63, 3.8) is 0 Å². The Morgan fingerprint density at radius 3 is 2.52 bits per heavy atom. The second kappa shape index (κ2) is 6.81. The minimum atomic E-state index is -0.806. The van der Waals surface area contributed by atoms with Gasteiger partial charge in [-0.3, -0.25) is 4.90 Å². The summed E-state index contributed by atoms with van der Waals surface area (Å²) < 4.78 is 31.6. The minimum absolute atomic E-state index is 0.00336. The smallest absolute Gasteiger partial charge is 0.159 e. The highest BCUT2D eigenvalue weighted by atomic mass is 19.2. The number of rotatable bonds is 5. The lowest BCUT2D eigenvalue weighted by Gasteiger charge is -2.41. The van der Waals surface area contributed by atoms with Crippen LogP contribution in [0.1, 0.15) is 32.4 Å². The van der Waals surface area contributed by atoms with E-state index in [0.717, 1.165) is 38.4 Å². The third-order valence-electron chi connectivity index (χ3n) is 4.15. The normalized spacial score (nSPS) is 18.7. The fraction of sp³-hybridized carbons (Fsp3) is 0.625. The van der Waals surface area contributed by atoms with Crippen LogP contribution in [0.25, 0.3) is 0 Å². The number of halogens is 2. The summed E-state index contributed by atoms with van der Waals surface area (Å²) in [6.07, 6.45) is 0. The summed E-state index contributed by atoms with van der Waals surface area (Å²) in [7, 11) is 0. The van der Waals surface area contributed by atoms with Crippen LogP contribution >= 0.6 is 0 Å². The molecule has 1 heterocycles. The molecule has 1 saturated heterocycles. The molecule has 0 aliphatic carbocycles. The maximum absolute atomic E-state index is 13.3. The zero-order valence-electron chi connectivity index (χ0n) is 13.0. The van der Waals surface area contributed by atoms with Gasteiger partial charge >= 0.3 is 0 Å². The van der Waals surface area contributed by atoms with Crippen LogP contribution in [-0.2, 0) is 4.74 Å². The van der Waals surface area contributed by atoms with Gasteiger partial charge in [0, 0.05) is 31.2 Å². The molecule has 5 heteroatoms. The van der Waals surface area contributed by atoms with E-state index in [1.807, 2.05) is 6.92 Å². The SMILES string of the molecule is CC(NCC(C)(C)N1CCOCC1)c1ccc(F)c(F)c1. The number of hydrogen-bond acceptors (Lipinski definition) is 3. The predicted molar refractivity (Wildman–Crippen MR) is 79.2 cm³/mol. The largest absolute Gasteiger partial charge is 0.379 e. The molecule has 0 aromatic heterocycles. The zero-order valence-corrected chi connectivity index (χ0v) is 13.0. The van der Waals surface area contributed by atoms with Crippen LogP contribution in [0.5, 0.6) is 0 Å². The van der Waals surface area contributed by atoms with Gasteiger partial charge in [0.15, 0.2) is 11.6 Å². The highest BCUT2D eigenvalue weighted by Crippen LogP contribution is 2.19. The maximum atomic E-state index is 13.3. The quantitative estimate of drug-likeness (QED) is 0.904. The highest BCUT2D eigenvalue weighted by Gasteiger charge is 2.28. The fourth-order valence-electron chi connectivity index (χ4n) is 2.58. The van der Waals surface area contributed by atoms with E-state index >= 15 is 0 Å². The molecule has 0 spiro atoms. The molecular formula is C16H24F2N2O. The number of morpholine rings is 1. The van der Waals surface area contributed by atoms with E-state index in [1.54, 1.807) is 6.07 Å². The van der Waals surface area contributed by atoms with Crippen molar-refractivity contribution in [3.8, 4) is 0 Å². The number of hydrogen-bond donors (Lipinski definition) is 1. The monoisotopic (exact) mass is 298 g/mol. The molecule has 1 N–H and O–H groups in total. The van der Waals surface area contributed by atoms with Crippen molar-refractivity contribution in [2.45, 2.75) is 32.4 Å². The van der Waals surface area contributed by atoms with Crippen molar-refractivity contribution < 1.29 is 13.5 Å². The lowest BCUT2D eigenvalue weighted by atomic mass is 10.0. The highest BCUT2D eigenvalue weighted by molar-refractivity contribution is 5.20. The van der Waals surface area contributed by atoms with Crippen LogP contribution in [0, 0.1) is 11.6 Å².